The molecule has 0 amide bonds. The van der Waals surface area contributed by atoms with Crippen LogP contribution in [0.2, 0.25) is 0 Å². The quantitative estimate of drug-likeness (QED) is 0.805. The van der Waals surface area contributed by atoms with Crippen LogP contribution in [0.15, 0.2) is 18.2 Å². The van der Waals surface area contributed by atoms with E-state index in [0.717, 1.165) is 5.56 Å². The molecule has 0 aromatic heterocycles. The molecule has 1 atom stereocenters. The van der Waals surface area contributed by atoms with Crippen LogP contribution in [0.3, 0.4) is 0 Å². The Kier molecular flexibility index (Phi) is 4.90. The Morgan fingerprint density at radius 2 is 2.06 bits per heavy atom. The SMILES string of the molecule is Cc1ccc(F)c(CNCC(O)C(C)C)c1. The van der Waals surface area contributed by atoms with Crippen molar-refractivity contribution in [3.63, 3.8) is 0 Å². The molecule has 3 heteroatoms. The zero-order valence-corrected chi connectivity index (χ0v) is 10.1. The fourth-order valence-corrected chi connectivity index (χ4v) is 1.43. The third kappa shape index (κ3) is 3.91. The predicted octanol–water partition coefficient (Wildman–Crippen LogP) is 2.24. The molecule has 0 aliphatic carbocycles. The zero-order chi connectivity index (χ0) is 12.1. The second kappa shape index (κ2) is 5.97. The van der Waals surface area contributed by atoms with Crippen LogP contribution in [0.5, 0.6) is 0 Å². The second-order valence-corrected chi connectivity index (χ2v) is 4.54. The van der Waals surface area contributed by atoms with E-state index in [1.165, 1.54) is 6.07 Å². The van der Waals surface area contributed by atoms with Crippen molar-refractivity contribution in [2.75, 3.05) is 6.54 Å². The third-order valence-corrected chi connectivity index (χ3v) is 2.64. The predicted molar refractivity (Wildman–Crippen MR) is 63.7 cm³/mol. The van der Waals surface area contributed by atoms with Crippen LogP contribution in [0.4, 0.5) is 4.39 Å². The van der Waals surface area contributed by atoms with E-state index < -0.39 is 0 Å². The van der Waals surface area contributed by atoms with Crippen molar-refractivity contribution in [3.8, 4) is 0 Å². The Bertz CT molecular complexity index is 339. The summed E-state index contributed by atoms with van der Waals surface area (Å²) in [5.74, 6) is 0.0204. The fraction of sp³-hybridized carbons (Fsp3) is 0.538. The molecule has 90 valence electrons. The van der Waals surface area contributed by atoms with Gasteiger partial charge in [0, 0.05) is 18.7 Å². The molecule has 0 aliphatic rings. The summed E-state index contributed by atoms with van der Waals surface area (Å²) in [6.45, 7) is 6.80. The fourth-order valence-electron chi connectivity index (χ4n) is 1.43. The molecule has 16 heavy (non-hydrogen) atoms. The van der Waals surface area contributed by atoms with Gasteiger partial charge < -0.3 is 10.4 Å². The molecule has 1 aromatic rings. The van der Waals surface area contributed by atoms with Crippen LogP contribution >= 0.6 is 0 Å². The maximum Gasteiger partial charge on any atom is 0.127 e. The first kappa shape index (κ1) is 13.1. The Morgan fingerprint density at radius 3 is 2.69 bits per heavy atom. The number of halogens is 1. The molecule has 1 rings (SSSR count). The number of hydrogen-bond acceptors (Lipinski definition) is 2. The summed E-state index contributed by atoms with van der Waals surface area (Å²) in [5.41, 5.74) is 1.69. The molecule has 0 fully saturated rings. The lowest BCUT2D eigenvalue weighted by atomic mass is 10.1. The summed E-state index contributed by atoms with van der Waals surface area (Å²) in [6, 6.07) is 5.05. The standard InChI is InChI=1S/C13H20FNO/c1-9(2)13(16)8-15-7-11-6-10(3)4-5-12(11)14/h4-6,9,13,15-16H,7-8H2,1-3H3. The number of aliphatic hydroxyl groups is 1. The van der Waals surface area contributed by atoms with Gasteiger partial charge in [0.1, 0.15) is 5.82 Å². The van der Waals surface area contributed by atoms with Gasteiger partial charge in [-0.05, 0) is 18.9 Å². The van der Waals surface area contributed by atoms with Crippen LogP contribution in [-0.2, 0) is 6.54 Å². The van der Waals surface area contributed by atoms with Gasteiger partial charge >= 0.3 is 0 Å². The van der Waals surface area contributed by atoms with Crippen LogP contribution in [-0.4, -0.2) is 17.8 Å². The minimum atomic E-state index is -0.382. The number of hydrogen-bond donors (Lipinski definition) is 2. The van der Waals surface area contributed by atoms with Crippen molar-refractivity contribution >= 4 is 0 Å². The van der Waals surface area contributed by atoms with Gasteiger partial charge in [0.2, 0.25) is 0 Å². The second-order valence-electron chi connectivity index (χ2n) is 4.54. The Balaban J connectivity index is 2.45. The summed E-state index contributed by atoms with van der Waals surface area (Å²) in [4.78, 5) is 0. The van der Waals surface area contributed by atoms with Gasteiger partial charge in [0.25, 0.3) is 0 Å². The Morgan fingerprint density at radius 1 is 1.38 bits per heavy atom. The number of aryl methyl sites for hydroxylation is 1. The maximum atomic E-state index is 13.4. The Hall–Kier alpha value is -0.930. The van der Waals surface area contributed by atoms with E-state index in [1.807, 2.05) is 26.8 Å². The van der Waals surface area contributed by atoms with Crippen molar-refractivity contribution in [3.05, 3.63) is 35.1 Å². The molecule has 2 N–H and O–H groups in total. The first-order valence-corrected chi connectivity index (χ1v) is 5.64. The van der Waals surface area contributed by atoms with Crippen molar-refractivity contribution in [2.24, 2.45) is 5.92 Å². The molecule has 0 aliphatic heterocycles. The molecule has 0 radical (unpaired) electrons. The van der Waals surface area contributed by atoms with E-state index in [-0.39, 0.29) is 17.8 Å². The van der Waals surface area contributed by atoms with Gasteiger partial charge in [0.05, 0.1) is 6.10 Å². The van der Waals surface area contributed by atoms with Crippen molar-refractivity contribution in [1.29, 1.82) is 0 Å². The highest BCUT2D eigenvalue weighted by Gasteiger charge is 2.08. The van der Waals surface area contributed by atoms with Crippen molar-refractivity contribution in [1.82, 2.24) is 5.32 Å². The van der Waals surface area contributed by atoms with Gasteiger partial charge in [0.15, 0.2) is 0 Å². The summed E-state index contributed by atoms with van der Waals surface area (Å²) in [5, 5.41) is 12.6. The molecular formula is C13H20FNO. The minimum absolute atomic E-state index is 0.197. The van der Waals surface area contributed by atoms with Crippen LogP contribution in [0.25, 0.3) is 0 Å². The third-order valence-electron chi connectivity index (χ3n) is 2.64. The lowest BCUT2D eigenvalue weighted by Crippen LogP contribution is -2.30. The molecular weight excluding hydrogens is 205 g/mol. The highest BCUT2D eigenvalue weighted by Crippen LogP contribution is 2.09. The van der Waals surface area contributed by atoms with E-state index in [9.17, 15) is 9.50 Å². The minimum Gasteiger partial charge on any atom is -0.392 e. The van der Waals surface area contributed by atoms with Crippen molar-refractivity contribution < 1.29 is 9.50 Å². The molecule has 0 heterocycles. The topological polar surface area (TPSA) is 32.3 Å². The van der Waals surface area contributed by atoms with Gasteiger partial charge in [-0.1, -0.05) is 31.5 Å². The zero-order valence-electron chi connectivity index (χ0n) is 10.1. The summed E-state index contributed by atoms with van der Waals surface area (Å²) < 4.78 is 13.4. The highest BCUT2D eigenvalue weighted by atomic mass is 19.1. The van der Waals surface area contributed by atoms with Crippen LogP contribution in [0.1, 0.15) is 25.0 Å². The maximum absolute atomic E-state index is 13.4. The first-order valence-electron chi connectivity index (χ1n) is 5.64. The number of aliphatic hydroxyl groups excluding tert-OH is 1. The molecule has 1 aromatic carbocycles. The lowest BCUT2D eigenvalue weighted by molar-refractivity contribution is 0.123. The smallest absolute Gasteiger partial charge is 0.127 e. The summed E-state index contributed by atoms with van der Waals surface area (Å²) in [7, 11) is 0. The normalized spacial score (nSPS) is 13.1. The molecule has 0 saturated carbocycles. The van der Waals surface area contributed by atoms with Crippen LogP contribution < -0.4 is 5.32 Å². The largest absolute Gasteiger partial charge is 0.392 e. The van der Waals surface area contributed by atoms with E-state index in [4.69, 9.17) is 0 Å². The number of rotatable bonds is 5. The summed E-state index contributed by atoms with van der Waals surface area (Å²) >= 11 is 0. The van der Waals surface area contributed by atoms with Gasteiger partial charge in [-0.25, -0.2) is 4.39 Å². The average Bonchev–Trinajstić information content (AvgIpc) is 2.22. The van der Waals surface area contributed by atoms with Crippen molar-refractivity contribution in [2.45, 2.75) is 33.4 Å². The lowest BCUT2D eigenvalue weighted by Gasteiger charge is -2.15. The Labute approximate surface area is 96.5 Å². The van der Waals surface area contributed by atoms with E-state index in [2.05, 4.69) is 5.32 Å². The van der Waals surface area contributed by atoms with E-state index in [1.54, 1.807) is 6.07 Å². The van der Waals surface area contributed by atoms with E-state index >= 15 is 0 Å². The molecule has 0 bridgehead atoms. The monoisotopic (exact) mass is 225 g/mol. The molecule has 0 spiro atoms. The summed E-state index contributed by atoms with van der Waals surface area (Å²) in [6.07, 6.45) is -0.382. The van der Waals surface area contributed by atoms with Gasteiger partial charge in [-0.3, -0.25) is 0 Å². The highest BCUT2D eigenvalue weighted by molar-refractivity contribution is 5.23. The molecule has 0 saturated heterocycles. The molecule has 2 nitrogen and oxygen atoms in total. The first-order chi connectivity index (χ1) is 7.50. The molecule has 1 unspecified atom stereocenters. The van der Waals surface area contributed by atoms with E-state index in [0.29, 0.717) is 18.7 Å². The van der Waals surface area contributed by atoms with Gasteiger partial charge in [-0.15, -0.1) is 0 Å². The number of benzene rings is 1. The average molecular weight is 225 g/mol. The van der Waals surface area contributed by atoms with Crippen LogP contribution in [0, 0.1) is 18.7 Å². The van der Waals surface area contributed by atoms with Gasteiger partial charge in [-0.2, -0.15) is 0 Å². The number of nitrogens with one attached hydrogen (secondary N) is 1.